The van der Waals surface area contributed by atoms with Gasteiger partial charge in [0, 0.05) is 11.1 Å². The lowest BCUT2D eigenvalue weighted by atomic mass is 10.0. The van der Waals surface area contributed by atoms with E-state index >= 15 is 0 Å². The van der Waals surface area contributed by atoms with Gasteiger partial charge in [0.1, 0.15) is 11.6 Å². The van der Waals surface area contributed by atoms with E-state index in [4.69, 9.17) is 0 Å². The number of amides is 1. The van der Waals surface area contributed by atoms with Gasteiger partial charge in [0.05, 0.1) is 17.9 Å². The smallest absolute Gasteiger partial charge is 0.262 e. The number of carbonyl (C=O) groups is 1. The molecule has 1 heterocycles. The summed E-state index contributed by atoms with van der Waals surface area (Å²) in [6.45, 7) is 3.99. The van der Waals surface area contributed by atoms with Crippen LogP contribution in [-0.4, -0.2) is 16.1 Å². The Morgan fingerprint density at radius 2 is 1.93 bits per heavy atom. The van der Waals surface area contributed by atoms with Crippen molar-refractivity contribution in [2.24, 2.45) is 0 Å². The molecule has 1 amide bonds. The van der Waals surface area contributed by atoms with Crippen LogP contribution in [0.15, 0.2) is 66.4 Å². The van der Waals surface area contributed by atoms with Gasteiger partial charge in [-0.05, 0) is 30.5 Å². The molecule has 1 unspecified atom stereocenters. The van der Waals surface area contributed by atoms with E-state index in [9.17, 15) is 10.1 Å². The average Bonchev–Trinajstić information content (AvgIpc) is 3.20. The molecule has 1 aromatic heterocycles. The van der Waals surface area contributed by atoms with Crippen molar-refractivity contribution in [3.8, 4) is 17.3 Å². The van der Waals surface area contributed by atoms with E-state index in [1.807, 2.05) is 55.5 Å². The van der Waals surface area contributed by atoms with Crippen LogP contribution in [0.1, 0.15) is 36.6 Å². The zero-order valence-corrected chi connectivity index (χ0v) is 15.9. The Kier molecular flexibility index (Phi) is 6.03. The minimum atomic E-state index is -0.410. The van der Waals surface area contributed by atoms with Gasteiger partial charge in [-0.2, -0.15) is 10.4 Å². The van der Waals surface area contributed by atoms with E-state index in [-0.39, 0.29) is 11.6 Å². The van der Waals surface area contributed by atoms with Crippen molar-refractivity contribution >= 4 is 12.0 Å². The highest BCUT2D eigenvalue weighted by Gasteiger charge is 2.15. The normalized spacial score (nSPS) is 12.2. The highest BCUT2D eigenvalue weighted by Crippen LogP contribution is 2.24. The number of nitrogens with one attached hydrogen (secondary N) is 2. The molecule has 0 aliphatic carbocycles. The number of rotatable bonds is 6. The van der Waals surface area contributed by atoms with Gasteiger partial charge in [-0.25, -0.2) is 0 Å². The van der Waals surface area contributed by atoms with E-state index in [2.05, 4.69) is 34.6 Å². The van der Waals surface area contributed by atoms with Crippen molar-refractivity contribution in [2.45, 2.75) is 26.3 Å². The second-order valence-corrected chi connectivity index (χ2v) is 6.53. The van der Waals surface area contributed by atoms with Crippen molar-refractivity contribution in [1.29, 1.82) is 5.26 Å². The van der Waals surface area contributed by atoms with Crippen LogP contribution in [0, 0.1) is 11.3 Å². The lowest BCUT2D eigenvalue weighted by molar-refractivity contribution is -0.117. The molecule has 28 heavy (non-hydrogen) atoms. The Morgan fingerprint density at radius 3 is 2.57 bits per heavy atom. The molecular formula is C23H22N4O. The molecule has 0 fully saturated rings. The first kappa shape index (κ1) is 19.1. The number of aromatic amines is 1. The third-order valence-electron chi connectivity index (χ3n) is 4.63. The predicted octanol–water partition coefficient (Wildman–Crippen LogP) is 4.42. The summed E-state index contributed by atoms with van der Waals surface area (Å²) in [6, 6.07) is 19.6. The van der Waals surface area contributed by atoms with E-state index < -0.39 is 5.91 Å². The fourth-order valence-electron chi connectivity index (χ4n) is 2.95. The van der Waals surface area contributed by atoms with Crippen molar-refractivity contribution < 1.29 is 4.79 Å². The Bertz CT molecular complexity index is 1010. The molecular weight excluding hydrogens is 348 g/mol. The highest BCUT2D eigenvalue weighted by molar-refractivity contribution is 6.02. The maximum absolute atomic E-state index is 12.6. The van der Waals surface area contributed by atoms with Gasteiger partial charge in [-0.1, -0.05) is 61.5 Å². The van der Waals surface area contributed by atoms with Crippen LogP contribution >= 0.6 is 0 Å². The second kappa shape index (κ2) is 8.83. The zero-order valence-electron chi connectivity index (χ0n) is 15.9. The van der Waals surface area contributed by atoms with Crippen LogP contribution in [0.25, 0.3) is 17.3 Å². The Morgan fingerprint density at radius 1 is 1.21 bits per heavy atom. The number of aryl methyl sites for hydroxylation is 1. The molecule has 0 spiro atoms. The van der Waals surface area contributed by atoms with E-state index in [1.165, 1.54) is 5.56 Å². The lowest BCUT2D eigenvalue weighted by Crippen LogP contribution is -2.27. The summed E-state index contributed by atoms with van der Waals surface area (Å²) in [5.74, 6) is -0.410. The first-order chi connectivity index (χ1) is 13.6. The fourth-order valence-corrected chi connectivity index (χ4v) is 2.95. The minimum Gasteiger partial charge on any atom is -0.345 e. The van der Waals surface area contributed by atoms with Crippen molar-refractivity contribution in [2.75, 3.05) is 0 Å². The van der Waals surface area contributed by atoms with Gasteiger partial charge in [0.25, 0.3) is 5.91 Å². The first-order valence-electron chi connectivity index (χ1n) is 9.22. The number of hydrogen-bond donors (Lipinski definition) is 2. The molecule has 2 aromatic carbocycles. The second-order valence-electron chi connectivity index (χ2n) is 6.53. The van der Waals surface area contributed by atoms with E-state index in [0.29, 0.717) is 5.56 Å². The summed E-state index contributed by atoms with van der Waals surface area (Å²) < 4.78 is 0. The van der Waals surface area contributed by atoms with Gasteiger partial charge in [0.15, 0.2) is 0 Å². The van der Waals surface area contributed by atoms with Crippen LogP contribution < -0.4 is 5.32 Å². The van der Waals surface area contributed by atoms with Gasteiger partial charge in [0.2, 0.25) is 0 Å². The highest BCUT2D eigenvalue weighted by atomic mass is 16.1. The van der Waals surface area contributed by atoms with Gasteiger partial charge in [-0.15, -0.1) is 0 Å². The number of nitrogens with zero attached hydrogens (tertiary/aromatic N) is 2. The molecule has 140 valence electrons. The number of aromatic nitrogens is 2. The Labute approximate surface area is 164 Å². The lowest BCUT2D eigenvalue weighted by Gasteiger charge is -2.13. The number of carbonyl (C=O) groups excluding carboxylic acids is 1. The molecule has 3 aromatic rings. The quantitative estimate of drug-likeness (QED) is 0.498. The summed E-state index contributed by atoms with van der Waals surface area (Å²) in [4.78, 5) is 12.6. The summed E-state index contributed by atoms with van der Waals surface area (Å²) in [5.41, 5.74) is 4.69. The third kappa shape index (κ3) is 4.36. The topological polar surface area (TPSA) is 81.6 Å². The SMILES string of the molecule is CCc1ccc(-c2[nH]ncc2/C=C(/C#N)C(=O)NC(C)c2ccccc2)cc1. The number of hydrogen-bond acceptors (Lipinski definition) is 3. The average molecular weight is 370 g/mol. The van der Waals surface area contributed by atoms with Crippen molar-refractivity contribution in [1.82, 2.24) is 15.5 Å². The predicted molar refractivity (Wildman–Crippen MR) is 110 cm³/mol. The van der Waals surface area contributed by atoms with E-state index in [0.717, 1.165) is 23.2 Å². The van der Waals surface area contributed by atoms with Crippen molar-refractivity contribution in [3.63, 3.8) is 0 Å². The number of benzene rings is 2. The third-order valence-corrected chi connectivity index (χ3v) is 4.63. The summed E-state index contributed by atoms with van der Waals surface area (Å²) in [7, 11) is 0. The van der Waals surface area contributed by atoms with Crippen molar-refractivity contribution in [3.05, 3.63) is 83.1 Å². The Hall–Kier alpha value is -3.65. The van der Waals surface area contributed by atoms with Gasteiger partial charge in [-0.3, -0.25) is 9.89 Å². The molecule has 0 aliphatic rings. The van der Waals surface area contributed by atoms with Crippen LogP contribution in [0.3, 0.4) is 0 Å². The minimum absolute atomic E-state index is 0.0376. The van der Waals surface area contributed by atoms with E-state index in [1.54, 1.807) is 12.3 Å². The van der Waals surface area contributed by atoms with Crippen LogP contribution in [0.5, 0.6) is 0 Å². The summed E-state index contributed by atoms with van der Waals surface area (Å²) >= 11 is 0. The van der Waals surface area contributed by atoms with Crippen LogP contribution in [-0.2, 0) is 11.2 Å². The fraction of sp³-hybridized carbons (Fsp3) is 0.174. The molecule has 2 N–H and O–H groups in total. The molecule has 1 atom stereocenters. The molecule has 3 rings (SSSR count). The molecule has 0 bridgehead atoms. The molecule has 0 aliphatic heterocycles. The maximum Gasteiger partial charge on any atom is 0.262 e. The van der Waals surface area contributed by atoms with Crippen LogP contribution in [0.2, 0.25) is 0 Å². The summed E-state index contributed by atoms with van der Waals surface area (Å²) in [6.07, 6.45) is 4.16. The largest absolute Gasteiger partial charge is 0.345 e. The Balaban J connectivity index is 1.82. The molecule has 5 nitrogen and oxygen atoms in total. The summed E-state index contributed by atoms with van der Waals surface area (Å²) in [5, 5.41) is 19.4. The standard InChI is InChI=1S/C23H22N4O/c1-3-17-9-11-19(12-10-17)22-21(15-25-27-22)13-20(14-24)23(28)26-16(2)18-7-5-4-6-8-18/h4-13,15-16H,3H2,1-2H3,(H,25,27)(H,26,28)/b20-13-. The zero-order chi connectivity index (χ0) is 19.9. The monoisotopic (exact) mass is 370 g/mol. The number of nitriles is 1. The number of H-pyrrole nitrogens is 1. The molecule has 0 saturated carbocycles. The van der Waals surface area contributed by atoms with Gasteiger partial charge < -0.3 is 5.32 Å². The molecule has 0 radical (unpaired) electrons. The molecule has 5 heteroatoms. The molecule has 0 saturated heterocycles. The maximum atomic E-state index is 12.6. The van der Waals surface area contributed by atoms with Crippen LogP contribution in [0.4, 0.5) is 0 Å². The van der Waals surface area contributed by atoms with Gasteiger partial charge >= 0.3 is 0 Å². The first-order valence-corrected chi connectivity index (χ1v) is 9.22.